The van der Waals surface area contributed by atoms with Crippen molar-refractivity contribution in [1.29, 1.82) is 0 Å². The Morgan fingerprint density at radius 2 is 1.48 bits per heavy atom. The molecule has 0 saturated carbocycles. The van der Waals surface area contributed by atoms with E-state index in [0.717, 1.165) is 38.6 Å². The van der Waals surface area contributed by atoms with Gasteiger partial charge in [-0.15, -0.1) is 0 Å². The van der Waals surface area contributed by atoms with Gasteiger partial charge in [-0.1, -0.05) is 24.3 Å². The Balaban J connectivity index is 1.76. The average Bonchev–Trinajstić information content (AvgIpc) is 3.15. The highest BCUT2D eigenvalue weighted by Gasteiger charge is 2.22. The van der Waals surface area contributed by atoms with Crippen LogP contribution in [0.4, 0.5) is 4.39 Å². The first-order chi connectivity index (χ1) is 13.1. The van der Waals surface area contributed by atoms with Gasteiger partial charge in [-0.3, -0.25) is 14.2 Å². The second-order valence-corrected chi connectivity index (χ2v) is 7.66. The molecule has 1 unspecified atom stereocenters. The lowest BCUT2D eigenvalue weighted by molar-refractivity contribution is 0.627. The fourth-order valence-electron chi connectivity index (χ4n) is 3.14. The van der Waals surface area contributed by atoms with Crippen LogP contribution in [0.2, 0.25) is 0 Å². The van der Waals surface area contributed by atoms with Crippen LogP contribution in [0.25, 0.3) is 11.3 Å². The maximum Gasteiger partial charge on any atom is 0.123 e. The van der Waals surface area contributed by atoms with Crippen molar-refractivity contribution < 1.29 is 8.60 Å². The van der Waals surface area contributed by atoms with Crippen LogP contribution in [-0.4, -0.2) is 21.2 Å². The van der Waals surface area contributed by atoms with E-state index in [0.29, 0.717) is 6.42 Å². The number of aliphatic imine (C=N–C) groups is 1. The van der Waals surface area contributed by atoms with Crippen LogP contribution in [0.1, 0.15) is 23.1 Å². The molecule has 2 heterocycles. The maximum absolute atomic E-state index is 13.4. The molecule has 0 amide bonds. The predicted molar refractivity (Wildman–Crippen MR) is 107 cm³/mol. The Hall–Kier alpha value is -2.92. The Morgan fingerprint density at radius 3 is 2.11 bits per heavy atom. The monoisotopic (exact) mass is 376 g/mol. The van der Waals surface area contributed by atoms with Crippen LogP contribution in [0, 0.1) is 5.82 Å². The molecule has 1 aromatic heterocycles. The van der Waals surface area contributed by atoms with Crippen molar-refractivity contribution in [2.75, 3.05) is 6.26 Å². The molecule has 5 heteroatoms. The normalized spacial score (nSPS) is 15.0. The van der Waals surface area contributed by atoms with E-state index < -0.39 is 10.8 Å². The Kier molecular flexibility index (Phi) is 4.77. The minimum atomic E-state index is -1.01. The van der Waals surface area contributed by atoms with Crippen molar-refractivity contribution >= 4 is 27.8 Å². The lowest BCUT2D eigenvalue weighted by Gasteiger charge is -2.07. The first kappa shape index (κ1) is 17.5. The van der Waals surface area contributed by atoms with Gasteiger partial charge in [0.05, 0.1) is 11.4 Å². The number of nitrogens with zero attached hydrogens (tertiary/aromatic N) is 2. The number of hydrogen-bond donors (Lipinski definition) is 0. The van der Waals surface area contributed by atoms with Crippen LogP contribution >= 0.6 is 0 Å². The summed E-state index contributed by atoms with van der Waals surface area (Å²) < 4.78 is 25.0. The molecule has 0 N–H and O–H groups in total. The number of halogens is 1. The second-order valence-electron chi connectivity index (χ2n) is 6.28. The predicted octanol–water partition coefficient (Wildman–Crippen LogP) is 4.72. The van der Waals surface area contributed by atoms with Crippen molar-refractivity contribution in [3.63, 3.8) is 0 Å². The third kappa shape index (κ3) is 3.64. The molecule has 0 bridgehead atoms. The first-order valence-corrected chi connectivity index (χ1v) is 10.1. The maximum atomic E-state index is 13.4. The molecule has 27 heavy (non-hydrogen) atoms. The van der Waals surface area contributed by atoms with Gasteiger partial charge in [0.2, 0.25) is 0 Å². The minimum absolute atomic E-state index is 0.257. The van der Waals surface area contributed by atoms with Crippen molar-refractivity contribution in [2.24, 2.45) is 4.99 Å². The third-order valence-corrected chi connectivity index (χ3v) is 5.48. The fourth-order valence-corrected chi connectivity index (χ4v) is 3.66. The smallest absolute Gasteiger partial charge is 0.123 e. The van der Waals surface area contributed by atoms with E-state index in [4.69, 9.17) is 4.99 Å². The zero-order valence-electron chi connectivity index (χ0n) is 14.7. The van der Waals surface area contributed by atoms with E-state index in [2.05, 4.69) is 4.98 Å². The van der Waals surface area contributed by atoms with Crippen LogP contribution in [0.3, 0.4) is 0 Å². The molecule has 0 saturated heterocycles. The van der Waals surface area contributed by atoms with Crippen LogP contribution in [-0.2, 0) is 10.8 Å². The third-order valence-electron chi connectivity index (χ3n) is 4.54. The van der Waals surface area contributed by atoms with E-state index in [9.17, 15) is 8.60 Å². The summed E-state index contributed by atoms with van der Waals surface area (Å²) in [5, 5.41) is 0. The number of benzene rings is 2. The number of allylic oxidation sites excluding steroid dienone is 1. The lowest BCUT2D eigenvalue weighted by Crippen LogP contribution is -1.99. The topological polar surface area (TPSA) is 42.3 Å². The summed E-state index contributed by atoms with van der Waals surface area (Å²) in [5.74, 6) is -0.257. The van der Waals surface area contributed by atoms with Crippen molar-refractivity contribution in [3.05, 3.63) is 95.6 Å². The van der Waals surface area contributed by atoms with Crippen molar-refractivity contribution in [1.82, 2.24) is 4.98 Å². The highest BCUT2D eigenvalue weighted by atomic mass is 32.2. The molecule has 0 aliphatic carbocycles. The molecule has 3 nitrogen and oxygen atoms in total. The van der Waals surface area contributed by atoms with Gasteiger partial charge in [0.25, 0.3) is 0 Å². The Bertz CT molecular complexity index is 1060. The van der Waals surface area contributed by atoms with Gasteiger partial charge in [0, 0.05) is 46.3 Å². The SMILES string of the molecule is CS(=O)c1ccc(C2=NC(c3ccncc3)=C(c3ccc(F)cc3)C2)cc1. The standard InChI is InChI=1S/C22H17FN2OS/c1-27(26)19-8-4-16(5-9-19)21-14-20(15-2-6-18(23)7-3-15)22(25-21)17-10-12-24-13-11-17/h2-13H,14H2,1H3. The largest absolute Gasteiger partial charge is 0.265 e. The number of rotatable bonds is 4. The van der Waals surface area contributed by atoms with Gasteiger partial charge in [0.15, 0.2) is 0 Å². The Labute approximate surface area is 159 Å². The quantitative estimate of drug-likeness (QED) is 0.661. The van der Waals surface area contributed by atoms with Gasteiger partial charge < -0.3 is 0 Å². The zero-order valence-corrected chi connectivity index (χ0v) is 15.5. The molecule has 2 aromatic carbocycles. The Morgan fingerprint density at radius 1 is 0.852 bits per heavy atom. The van der Waals surface area contributed by atoms with Gasteiger partial charge in [-0.25, -0.2) is 4.39 Å². The van der Waals surface area contributed by atoms with Gasteiger partial charge >= 0.3 is 0 Å². The molecule has 0 radical (unpaired) electrons. The molecule has 134 valence electrons. The molecule has 3 aromatic rings. The molecule has 1 aliphatic heterocycles. The van der Waals surface area contributed by atoms with Gasteiger partial charge in [0.1, 0.15) is 5.82 Å². The van der Waals surface area contributed by atoms with E-state index >= 15 is 0 Å². The van der Waals surface area contributed by atoms with E-state index in [1.165, 1.54) is 12.1 Å². The molecular weight excluding hydrogens is 359 g/mol. The minimum Gasteiger partial charge on any atom is -0.265 e. The highest BCUT2D eigenvalue weighted by molar-refractivity contribution is 7.84. The van der Waals surface area contributed by atoms with E-state index in [-0.39, 0.29) is 5.82 Å². The zero-order chi connectivity index (χ0) is 18.8. The van der Waals surface area contributed by atoms with Crippen LogP contribution in [0.5, 0.6) is 0 Å². The molecule has 4 rings (SSSR count). The molecule has 1 aliphatic rings. The summed E-state index contributed by atoms with van der Waals surface area (Å²) in [6.07, 6.45) is 5.79. The fraction of sp³-hybridized carbons (Fsp3) is 0.0909. The molecular formula is C22H17FN2OS. The number of hydrogen-bond acceptors (Lipinski definition) is 3. The average molecular weight is 376 g/mol. The van der Waals surface area contributed by atoms with Crippen LogP contribution < -0.4 is 0 Å². The summed E-state index contributed by atoms with van der Waals surface area (Å²) in [4.78, 5) is 9.75. The van der Waals surface area contributed by atoms with Crippen molar-refractivity contribution in [2.45, 2.75) is 11.3 Å². The summed E-state index contributed by atoms with van der Waals surface area (Å²) in [6, 6.07) is 18.0. The summed E-state index contributed by atoms with van der Waals surface area (Å²) in [7, 11) is -1.01. The summed E-state index contributed by atoms with van der Waals surface area (Å²) in [6.45, 7) is 0. The van der Waals surface area contributed by atoms with Gasteiger partial charge in [-0.2, -0.15) is 0 Å². The van der Waals surface area contributed by atoms with Crippen LogP contribution in [0.15, 0.2) is 82.9 Å². The number of aromatic nitrogens is 1. The number of pyridine rings is 1. The summed E-state index contributed by atoms with van der Waals surface area (Å²) in [5.41, 5.74) is 5.79. The molecule has 0 fully saturated rings. The van der Waals surface area contributed by atoms with Gasteiger partial charge in [-0.05, 0) is 53.1 Å². The van der Waals surface area contributed by atoms with E-state index in [1.807, 2.05) is 36.4 Å². The van der Waals surface area contributed by atoms with Crippen molar-refractivity contribution in [3.8, 4) is 0 Å². The second kappa shape index (κ2) is 7.37. The van der Waals surface area contributed by atoms with E-state index in [1.54, 1.807) is 30.8 Å². The first-order valence-electron chi connectivity index (χ1n) is 8.53. The molecule has 0 spiro atoms. The molecule has 1 atom stereocenters. The summed E-state index contributed by atoms with van der Waals surface area (Å²) >= 11 is 0. The lowest BCUT2D eigenvalue weighted by atomic mass is 9.96. The highest BCUT2D eigenvalue weighted by Crippen LogP contribution is 2.37.